The number of aliphatic hydroxyl groups is 1. The summed E-state index contributed by atoms with van der Waals surface area (Å²) in [5.41, 5.74) is -0.804. The number of fused-ring (bicyclic) bond motifs is 2. The normalized spacial score (nSPS) is 24.7. The topological polar surface area (TPSA) is 85.2 Å². The first-order chi connectivity index (χ1) is 17.7. The van der Waals surface area contributed by atoms with Crippen molar-refractivity contribution in [1.29, 1.82) is 0 Å². The molecule has 1 saturated carbocycles. The number of hydrogen-bond acceptors (Lipinski definition) is 5. The molecule has 0 aromatic heterocycles. The second-order valence-corrected chi connectivity index (χ2v) is 9.68. The summed E-state index contributed by atoms with van der Waals surface area (Å²) in [6, 6.07) is 4.58. The lowest BCUT2D eigenvalue weighted by molar-refractivity contribution is -0.138. The van der Waals surface area contributed by atoms with Gasteiger partial charge >= 0.3 is 19.3 Å². The Bertz CT molecular complexity index is 922. The van der Waals surface area contributed by atoms with E-state index in [-0.39, 0.29) is 49.9 Å². The Kier molecular flexibility index (Phi) is 11.1. The van der Waals surface area contributed by atoms with Crippen LogP contribution in [0.1, 0.15) is 57.4 Å². The highest BCUT2D eigenvalue weighted by Gasteiger charge is 2.49. The first kappa shape index (κ1) is 29.3. The van der Waals surface area contributed by atoms with Crippen molar-refractivity contribution < 1.29 is 42.2 Å². The Labute approximate surface area is 216 Å². The van der Waals surface area contributed by atoms with Crippen molar-refractivity contribution in [2.75, 3.05) is 6.61 Å². The van der Waals surface area contributed by atoms with E-state index in [1.54, 1.807) is 6.08 Å². The summed E-state index contributed by atoms with van der Waals surface area (Å²) in [7, 11) is -0.252. The average molecular weight is 524 g/mol. The number of unbranched alkanes of at least 4 members (excludes halogenated alkanes) is 2. The minimum absolute atomic E-state index is 0.00324. The molecule has 2 bridgehead atoms. The maximum atomic E-state index is 12.9. The number of halogens is 3. The molecule has 10 heteroatoms. The molecule has 2 aliphatic rings. The van der Waals surface area contributed by atoms with Crippen molar-refractivity contribution in [3.05, 3.63) is 54.1 Å². The Morgan fingerprint density at radius 1 is 1.24 bits per heavy atom. The van der Waals surface area contributed by atoms with Crippen LogP contribution in [0.15, 0.2) is 48.6 Å². The van der Waals surface area contributed by atoms with E-state index in [4.69, 9.17) is 19.2 Å². The fraction of sp³-hybridized carbons (Fsp3) is 0.593. The predicted octanol–water partition coefficient (Wildman–Crippen LogP) is 5.91. The molecule has 2 fully saturated rings. The smallest absolute Gasteiger partial charge is 0.457 e. The lowest BCUT2D eigenvalue weighted by Crippen LogP contribution is -2.37. The van der Waals surface area contributed by atoms with Crippen LogP contribution in [-0.2, 0) is 20.3 Å². The number of ether oxygens (including phenoxy) is 1. The molecule has 6 nitrogen and oxygen atoms in total. The molecule has 1 aromatic rings. The van der Waals surface area contributed by atoms with Crippen LogP contribution in [0.4, 0.5) is 13.2 Å². The van der Waals surface area contributed by atoms with Gasteiger partial charge in [0.05, 0.1) is 11.7 Å². The van der Waals surface area contributed by atoms with E-state index >= 15 is 0 Å². The van der Waals surface area contributed by atoms with Crippen molar-refractivity contribution >= 4 is 13.1 Å². The largest absolute Gasteiger partial charge is 0.491 e. The molecule has 5 atom stereocenters. The van der Waals surface area contributed by atoms with Gasteiger partial charge in [-0.05, 0) is 56.1 Å². The molecular formula is C27H36BF3O6. The molecule has 0 spiro atoms. The second kappa shape index (κ2) is 14.0. The van der Waals surface area contributed by atoms with Gasteiger partial charge in [0.25, 0.3) is 0 Å². The molecule has 37 heavy (non-hydrogen) atoms. The minimum atomic E-state index is -4.46. The zero-order chi connectivity index (χ0) is 26.8. The number of hydrogen-bond donors (Lipinski definition) is 2. The molecule has 204 valence electrons. The second-order valence-electron chi connectivity index (χ2n) is 9.68. The van der Waals surface area contributed by atoms with Crippen LogP contribution in [-0.4, -0.2) is 48.2 Å². The number of rotatable bonds is 14. The van der Waals surface area contributed by atoms with E-state index in [0.717, 1.165) is 44.1 Å². The standard InChI is InChI=1S/C27H36BF3O6/c1-2-3-15-28-36-24-17-25(37-28)23(22(24)11-6-4-5-7-12-26(33)34)14-13-20(32)18-35-21-10-8-9-19(16-21)27(29,30)31/h4,6,8-10,13-14,16,20,22-25,32H,2-3,5,7,11-12,15,17-18H2,1H3,(H,33,34)/t20-,22-,23+,24-,25-/m1/s1. The van der Waals surface area contributed by atoms with Gasteiger partial charge in [-0.25, -0.2) is 0 Å². The van der Waals surface area contributed by atoms with Gasteiger partial charge in [0, 0.05) is 18.4 Å². The Morgan fingerprint density at radius 2 is 2.03 bits per heavy atom. The molecule has 0 amide bonds. The number of aliphatic hydroxyl groups excluding tert-OH is 1. The van der Waals surface area contributed by atoms with Crippen molar-refractivity contribution in [2.45, 2.75) is 82.7 Å². The number of carbonyl (C=O) groups is 1. The van der Waals surface area contributed by atoms with Crippen molar-refractivity contribution in [1.82, 2.24) is 0 Å². The van der Waals surface area contributed by atoms with Gasteiger partial charge in [-0.3, -0.25) is 4.79 Å². The monoisotopic (exact) mass is 524 g/mol. The fourth-order valence-electron chi connectivity index (χ4n) is 4.89. The first-order valence-electron chi connectivity index (χ1n) is 13.0. The highest BCUT2D eigenvalue weighted by molar-refractivity contribution is 6.44. The summed E-state index contributed by atoms with van der Waals surface area (Å²) in [5.74, 6) is -0.619. The number of alkyl halides is 3. The van der Waals surface area contributed by atoms with Gasteiger partial charge in [0.1, 0.15) is 18.5 Å². The number of carboxylic acid groups (broad SMARTS) is 1. The average Bonchev–Trinajstić information content (AvgIpc) is 3.10. The van der Waals surface area contributed by atoms with Gasteiger partial charge < -0.3 is 24.3 Å². The quantitative estimate of drug-likeness (QED) is 0.179. The maximum absolute atomic E-state index is 12.9. The highest BCUT2D eigenvalue weighted by Crippen LogP contribution is 2.44. The lowest BCUT2D eigenvalue weighted by Gasteiger charge is -2.27. The summed E-state index contributed by atoms with van der Waals surface area (Å²) in [5, 5.41) is 19.2. The lowest BCUT2D eigenvalue weighted by atomic mass is 9.80. The molecule has 0 unspecified atom stereocenters. The van der Waals surface area contributed by atoms with E-state index in [1.165, 1.54) is 12.1 Å². The number of carboxylic acids is 1. The van der Waals surface area contributed by atoms with E-state index in [0.29, 0.717) is 12.8 Å². The van der Waals surface area contributed by atoms with Gasteiger partial charge in [0.2, 0.25) is 0 Å². The van der Waals surface area contributed by atoms with Crippen molar-refractivity contribution in [3.8, 4) is 5.75 Å². The van der Waals surface area contributed by atoms with E-state index < -0.39 is 23.8 Å². The van der Waals surface area contributed by atoms with E-state index in [9.17, 15) is 23.1 Å². The molecule has 1 aliphatic carbocycles. The summed E-state index contributed by atoms with van der Waals surface area (Å²) < 4.78 is 56.6. The minimum Gasteiger partial charge on any atom is -0.491 e. The van der Waals surface area contributed by atoms with Crippen LogP contribution in [0.25, 0.3) is 0 Å². The Balaban J connectivity index is 1.60. The molecule has 1 aromatic carbocycles. The Morgan fingerprint density at radius 3 is 2.76 bits per heavy atom. The zero-order valence-electron chi connectivity index (χ0n) is 21.1. The van der Waals surface area contributed by atoms with Crippen LogP contribution in [0.3, 0.4) is 0 Å². The number of allylic oxidation sites excluding steroid dienone is 2. The summed E-state index contributed by atoms with van der Waals surface area (Å²) in [6.07, 6.45) is 7.90. The molecular weight excluding hydrogens is 488 g/mol. The van der Waals surface area contributed by atoms with Crippen LogP contribution < -0.4 is 4.74 Å². The van der Waals surface area contributed by atoms with Crippen LogP contribution in [0.5, 0.6) is 5.75 Å². The van der Waals surface area contributed by atoms with E-state index in [2.05, 4.69) is 13.0 Å². The predicted molar refractivity (Wildman–Crippen MR) is 134 cm³/mol. The molecule has 1 heterocycles. The van der Waals surface area contributed by atoms with Gasteiger partial charge in [0.15, 0.2) is 0 Å². The van der Waals surface area contributed by atoms with Crippen molar-refractivity contribution in [2.24, 2.45) is 11.8 Å². The Hall–Kier alpha value is -2.30. The SMILES string of the molecule is CCCCB1O[C@@H]2C[C@@H](O1)[C@H](CC=CCCCC(=O)O)[C@@H]2C=C[C@@H](O)COc1cccc(C(F)(F)F)c1. The molecule has 2 N–H and O–H groups in total. The third-order valence-electron chi connectivity index (χ3n) is 6.79. The zero-order valence-corrected chi connectivity index (χ0v) is 21.1. The van der Waals surface area contributed by atoms with Gasteiger partial charge in [-0.2, -0.15) is 13.2 Å². The third-order valence-corrected chi connectivity index (χ3v) is 6.79. The number of aliphatic carboxylic acids is 1. The third kappa shape index (κ3) is 9.19. The van der Waals surface area contributed by atoms with Crippen molar-refractivity contribution in [3.63, 3.8) is 0 Å². The van der Waals surface area contributed by atoms with Gasteiger partial charge in [-0.1, -0.05) is 50.1 Å². The van der Waals surface area contributed by atoms with Crippen LogP contribution in [0, 0.1) is 11.8 Å². The van der Waals surface area contributed by atoms with Crippen LogP contribution in [0.2, 0.25) is 6.32 Å². The van der Waals surface area contributed by atoms with Gasteiger partial charge in [-0.15, -0.1) is 0 Å². The maximum Gasteiger partial charge on any atom is 0.457 e. The highest BCUT2D eigenvalue weighted by atomic mass is 19.4. The fourth-order valence-corrected chi connectivity index (χ4v) is 4.89. The molecule has 3 rings (SSSR count). The van der Waals surface area contributed by atoms with Crippen LogP contribution >= 0.6 is 0 Å². The summed E-state index contributed by atoms with van der Waals surface area (Å²) >= 11 is 0. The summed E-state index contributed by atoms with van der Waals surface area (Å²) in [4.78, 5) is 10.7. The molecule has 0 radical (unpaired) electrons. The number of benzene rings is 1. The first-order valence-corrected chi connectivity index (χ1v) is 13.0. The molecule has 1 aliphatic heterocycles. The van der Waals surface area contributed by atoms with E-state index in [1.807, 2.05) is 12.2 Å². The summed E-state index contributed by atoms with van der Waals surface area (Å²) in [6.45, 7) is 1.94. The molecule has 1 saturated heterocycles.